The maximum atomic E-state index is 12.5. The molecule has 0 unspecified atom stereocenters. The van der Waals surface area contributed by atoms with E-state index in [9.17, 15) is 9.59 Å². The van der Waals surface area contributed by atoms with E-state index in [1.165, 1.54) is 16.7 Å². The molecule has 2 aromatic carbocycles. The lowest BCUT2D eigenvalue weighted by Crippen LogP contribution is -2.41. The van der Waals surface area contributed by atoms with E-state index in [0.717, 1.165) is 29.2 Å². The molecule has 0 bridgehead atoms. The summed E-state index contributed by atoms with van der Waals surface area (Å²) in [5, 5.41) is 3.14. The molecule has 4 rings (SSSR count). The molecule has 3 aromatic rings. The van der Waals surface area contributed by atoms with Crippen molar-refractivity contribution in [1.29, 1.82) is 0 Å². The van der Waals surface area contributed by atoms with Crippen LogP contribution in [0.4, 0.5) is 5.13 Å². The van der Waals surface area contributed by atoms with Gasteiger partial charge in [-0.15, -0.1) is 0 Å². The molecule has 1 aromatic heterocycles. The first-order valence-electron chi connectivity index (χ1n) is 9.97. The summed E-state index contributed by atoms with van der Waals surface area (Å²) in [6.07, 6.45) is 0.895. The van der Waals surface area contributed by atoms with Crippen LogP contribution in [0.15, 0.2) is 42.5 Å². The minimum Gasteiger partial charge on any atom is -0.378 e. The Bertz CT molecular complexity index is 1060. The number of aromatic nitrogens is 1. The highest BCUT2D eigenvalue weighted by atomic mass is 32.1. The number of fused-ring (bicyclic) bond motifs is 1. The lowest BCUT2D eigenvalue weighted by Gasteiger charge is -2.25. The van der Waals surface area contributed by atoms with Crippen LogP contribution in [0.1, 0.15) is 27.3 Å². The SMILES string of the molecule is Cc1nc(N2CCOCC2)sc1C(=O)NNC(=O)CCc1ccc2ccccc2c1. The van der Waals surface area contributed by atoms with Gasteiger partial charge in [-0.3, -0.25) is 20.4 Å². The second-order valence-electron chi connectivity index (χ2n) is 7.19. The largest absolute Gasteiger partial charge is 0.378 e. The molecular formula is C22H24N4O3S. The molecule has 0 atom stereocenters. The summed E-state index contributed by atoms with van der Waals surface area (Å²) in [4.78, 5) is 31.8. The number of carbonyl (C=O) groups excluding carboxylic acids is 2. The Hall–Kier alpha value is -2.97. The van der Waals surface area contributed by atoms with Crippen LogP contribution in [-0.2, 0) is 16.0 Å². The summed E-state index contributed by atoms with van der Waals surface area (Å²) in [6, 6.07) is 14.3. The van der Waals surface area contributed by atoms with Gasteiger partial charge in [-0.25, -0.2) is 4.98 Å². The Labute approximate surface area is 179 Å². The zero-order chi connectivity index (χ0) is 20.9. The second kappa shape index (κ2) is 9.23. The lowest BCUT2D eigenvalue weighted by atomic mass is 10.0. The van der Waals surface area contributed by atoms with Gasteiger partial charge in [0.25, 0.3) is 5.91 Å². The van der Waals surface area contributed by atoms with Crippen LogP contribution in [-0.4, -0.2) is 43.1 Å². The van der Waals surface area contributed by atoms with Crippen LogP contribution in [0.2, 0.25) is 0 Å². The molecule has 1 aliphatic rings. The summed E-state index contributed by atoms with van der Waals surface area (Å²) < 4.78 is 5.35. The first-order chi connectivity index (χ1) is 14.6. The number of ether oxygens (including phenoxy) is 1. The molecule has 2 N–H and O–H groups in total. The van der Waals surface area contributed by atoms with Crippen molar-refractivity contribution in [3.63, 3.8) is 0 Å². The Balaban J connectivity index is 1.29. The highest BCUT2D eigenvalue weighted by Crippen LogP contribution is 2.26. The Morgan fingerprint density at radius 2 is 1.87 bits per heavy atom. The summed E-state index contributed by atoms with van der Waals surface area (Å²) >= 11 is 1.33. The number of nitrogens with one attached hydrogen (secondary N) is 2. The minimum absolute atomic E-state index is 0.230. The molecule has 1 saturated heterocycles. The van der Waals surface area contributed by atoms with E-state index in [2.05, 4.69) is 45.0 Å². The average molecular weight is 425 g/mol. The van der Waals surface area contributed by atoms with Crippen molar-refractivity contribution >= 4 is 39.1 Å². The predicted octanol–water partition coefficient (Wildman–Crippen LogP) is 2.84. The number of hydrogen-bond acceptors (Lipinski definition) is 6. The third-order valence-corrected chi connectivity index (χ3v) is 6.26. The van der Waals surface area contributed by atoms with Crippen molar-refractivity contribution in [3.8, 4) is 0 Å². The van der Waals surface area contributed by atoms with Crippen LogP contribution in [0.3, 0.4) is 0 Å². The average Bonchev–Trinajstić information content (AvgIpc) is 3.18. The molecule has 7 nitrogen and oxygen atoms in total. The Kier molecular flexibility index (Phi) is 6.25. The maximum absolute atomic E-state index is 12.5. The standard InChI is InChI=1S/C22H24N4O3S/c1-15-20(30-22(23-15)26-10-12-29-13-11-26)21(28)25-24-19(27)9-7-16-6-8-17-4-2-3-5-18(17)14-16/h2-6,8,14H,7,9-13H2,1H3,(H,24,27)(H,25,28). The number of amides is 2. The molecule has 1 aliphatic heterocycles. The molecular weight excluding hydrogens is 400 g/mol. The van der Waals surface area contributed by atoms with Crippen LogP contribution >= 0.6 is 11.3 Å². The molecule has 156 valence electrons. The number of thiazole rings is 1. The van der Waals surface area contributed by atoms with Crippen molar-refractivity contribution < 1.29 is 14.3 Å². The summed E-state index contributed by atoms with van der Waals surface area (Å²) in [6.45, 7) is 4.65. The van der Waals surface area contributed by atoms with Gasteiger partial charge in [0.05, 0.1) is 18.9 Å². The maximum Gasteiger partial charge on any atom is 0.281 e. The van der Waals surface area contributed by atoms with Crippen molar-refractivity contribution in [3.05, 3.63) is 58.6 Å². The zero-order valence-electron chi connectivity index (χ0n) is 16.8. The fourth-order valence-corrected chi connectivity index (χ4v) is 4.39. The van der Waals surface area contributed by atoms with Crippen LogP contribution in [0, 0.1) is 6.92 Å². The third-order valence-electron chi connectivity index (χ3n) is 5.04. The smallest absolute Gasteiger partial charge is 0.281 e. The van der Waals surface area contributed by atoms with Crippen molar-refractivity contribution in [2.24, 2.45) is 0 Å². The molecule has 2 amide bonds. The summed E-state index contributed by atoms with van der Waals surface area (Å²) in [7, 11) is 0. The van der Waals surface area contributed by atoms with Gasteiger partial charge >= 0.3 is 0 Å². The van der Waals surface area contributed by atoms with E-state index in [1.54, 1.807) is 6.92 Å². The van der Waals surface area contributed by atoms with E-state index >= 15 is 0 Å². The lowest BCUT2D eigenvalue weighted by molar-refractivity contribution is -0.121. The zero-order valence-corrected chi connectivity index (χ0v) is 17.6. The summed E-state index contributed by atoms with van der Waals surface area (Å²) in [5.74, 6) is -0.573. The highest BCUT2D eigenvalue weighted by Gasteiger charge is 2.20. The topological polar surface area (TPSA) is 83.6 Å². The van der Waals surface area contributed by atoms with Gasteiger partial charge < -0.3 is 9.64 Å². The number of anilines is 1. The van der Waals surface area contributed by atoms with Gasteiger partial charge in [0.2, 0.25) is 5.91 Å². The van der Waals surface area contributed by atoms with Gasteiger partial charge in [-0.1, -0.05) is 53.8 Å². The first kappa shape index (κ1) is 20.3. The molecule has 0 radical (unpaired) electrons. The number of morpholine rings is 1. The quantitative estimate of drug-likeness (QED) is 0.616. The van der Waals surface area contributed by atoms with Crippen LogP contribution < -0.4 is 15.8 Å². The molecule has 1 fully saturated rings. The number of rotatable bonds is 5. The highest BCUT2D eigenvalue weighted by molar-refractivity contribution is 7.17. The molecule has 8 heteroatoms. The fourth-order valence-electron chi connectivity index (χ4n) is 3.38. The van der Waals surface area contributed by atoms with Gasteiger partial charge in [-0.2, -0.15) is 0 Å². The fraction of sp³-hybridized carbons (Fsp3) is 0.318. The van der Waals surface area contributed by atoms with Gasteiger partial charge in [0, 0.05) is 19.5 Å². The third kappa shape index (κ3) is 4.77. The van der Waals surface area contributed by atoms with Crippen molar-refractivity contribution in [2.45, 2.75) is 19.8 Å². The number of aryl methyl sites for hydroxylation is 2. The van der Waals surface area contributed by atoms with Gasteiger partial charge in [-0.05, 0) is 29.7 Å². The number of hydrogen-bond donors (Lipinski definition) is 2. The number of benzene rings is 2. The monoisotopic (exact) mass is 424 g/mol. The Morgan fingerprint density at radius 3 is 2.67 bits per heavy atom. The number of carbonyl (C=O) groups is 2. The minimum atomic E-state index is -0.344. The van der Waals surface area contributed by atoms with E-state index in [1.807, 2.05) is 18.2 Å². The van der Waals surface area contributed by atoms with Crippen molar-refractivity contribution in [2.75, 3.05) is 31.2 Å². The molecule has 0 saturated carbocycles. The van der Waals surface area contributed by atoms with Gasteiger partial charge in [0.1, 0.15) is 4.88 Å². The van der Waals surface area contributed by atoms with E-state index < -0.39 is 0 Å². The van der Waals surface area contributed by atoms with E-state index in [0.29, 0.717) is 36.6 Å². The number of hydrazine groups is 1. The van der Waals surface area contributed by atoms with Gasteiger partial charge in [0.15, 0.2) is 5.13 Å². The second-order valence-corrected chi connectivity index (χ2v) is 8.17. The molecule has 0 aliphatic carbocycles. The van der Waals surface area contributed by atoms with Crippen molar-refractivity contribution in [1.82, 2.24) is 15.8 Å². The van der Waals surface area contributed by atoms with Crippen LogP contribution in [0.25, 0.3) is 10.8 Å². The first-order valence-corrected chi connectivity index (χ1v) is 10.8. The predicted molar refractivity (Wildman–Crippen MR) is 118 cm³/mol. The normalized spacial score (nSPS) is 14.0. The van der Waals surface area contributed by atoms with E-state index in [-0.39, 0.29) is 11.8 Å². The molecule has 2 heterocycles. The number of nitrogens with zero attached hydrogens (tertiary/aromatic N) is 2. The van der Waals surface area contributed by atoms with E-state index in [4.69, 9.17) is 4.74 Å². The molecule has 0 spiro atoms. The van der Waals surface area contributed by atoms with Crippen LogP contribution in [0.5, 0.6) is 0 Å². The summed E-state index contributed by atoms with van der Waals surface area (Å²) in [5.41, 5.74) is 6.77. The Morgan fingerprint density at radius 1 is 1.10 bits per heavy atom. The molecule has 30 heavy (non-hydrogen) atoms.